The topological polar surface area (TPSA) is 12.9 Å². The molecule has 0 fully saturated rings. The second kappa shape index (κ2) is 4.92. The van der Waals surface area contributed by atoms with E-state index in [1.165, 1.54) is 44.0 Å². The van der Waals surface area contributed by atoms with Crippen molar-refractivity contribution in [3.05, 3.63) is 75.9 Å². The van der Waals surface area contributed by atoms with Gasteiger partial charge in [-0.15, -0.1) is 0 Å². The molecule has 1 aliphatic rings. The van der Waals surface area contributed by atoms with Gasteiger partial charge in [-0.05, 0) is 57.6 Å². The van der Waals surface area contributed by atoms with Crippen molar-refractivity contribution < 1.29 is 0 Å². The van der Waals surface area contributed by atoms with Crippen molar-refractivity contribution in [3.63, 3.8) is 0 Å². The van der Waals surface area contributed by atoms with E-state index < -0.39 is 0 Å². The summed E-state index contributed by atoms with van der Waals surface area (Å²) in [5.74, 6) is 0. The maximum Gasteiger partial charge on any atom is 0.0740 e. The third-order valence-corrected chi connectivity index (χ3v) is 6.36. The highest BCUT2D eigenvalue weighted by Crippen LogP contribution is 2.51. The number of halogens is 1. The molecule has 25 heavy (non-hydrogen) atoms. The van der Waals surface area contributed by atoms with E-state index in [1.807, 2.05) is 6.20 Å². The van der Waals surface area contributed by atoms with E-state index in [-0.39, 0.29) is 5.41 Å². The summed E-state index contributed by atoms with van der Waals surface area (Å²) < 4.78 is 1.16. The molecule has 2 heteroatoms. The number of rotatable bonds is 0. The van der Waals surface area contributed by atoms with Crippen molar-refractivity contribution in [3.8, 4) is 11.1 Å². The van der Waals surface area contributed by atoms with Gasteiger partial charge in [-0.2, -0.15) is 0 Å². The second-order valence-corrected chi connectivity index (χ2v) is 8.32. The molecule has 0 radical (unpaired) electrons. The highest BCUT2D eigenvalue weighted by atomic mass is 79.9. The van der Waals surface area contributed by atoms with Crippen molar-refractivity contribution in [1.29, 1.82) is 0 Å². The molecule has 3 aromatic carbocycles. The fraction of sp³-hybridized carbons (Fsp3) is 0.174. The van der Waals surface area contributed by atoms with Gasteiger partial charge in [-0.1, -0.05) is 66.2 Å². The number of aromatic nitrogens is 1. The third kappa shape index (κ3) is 1.86. The molecule has 0 spiro atoms. The molecule has 1 aliphatic carbocycles. The predicted octanol–water partition coefficient (Wildman–Crippen LogP) is 6.77. The average molecular weight is 388 g/mol. The van der Waals surface area contributed by atoms with Gasteiger partial charge in [0, 0.05) is 21.5 Å². The Balaban J connectivity index is 2.10. The minimum Gasteiger partial charge on any atom is -0.256 e. The first-order chi connectivity index (χ1) is 12.0. The monoisotopic (exact) mass is 387 g/mol. The zero-order chi connectivity index (χ0) is 17.3. The first-order valence-electron chi connectivity index (χ1n) is 8.61. The van der Waals surface area contributed by atoms with E-state index in [9.17, 15) is 0 Å². The zero-order valence-electron chi connectivity index (χ0n) is 14.5. The number of aryl methyl sites for hydroxylation is 1. The molecule has 1 aromatic heterocycles. The van der Waals surface area contributed by atoms with Gasteiger partial charge in [0.25, 0.3) is 0 Å². The van der Waals surface area contributed by atoms with Crippen LogP contribution in [0.3, 0.4) is 0 Å². The lowest BCUT2D eigenvalue weighted by atomic mass is 9.68. The van der Waals surface area contributed by atoms with Crippen molar-refractivity contribution in [2.75, 3.05) is 0 Å². The van der Waals surface area contributed by atoms with Crippen LogP contribution in [0.5, 0.6) is 0 Å². The molecule has 0 bridgehead atoms. The van der Waals surface area contributed by atoms with Crippen LogP contribution in [0.4, 0.5) is 0 Å². The van der Waals surface area contributed by atoms with E-state index in [2.05, 4.69) is 85.2 Å². The van der Waals surface area contributed by atoms with Gasteiger partial charge in [0.15, 0.2) is 0 Å². The maximum absolute atomic E-state index is 4.71. The highest BCUT2D eigenvalue weighted by molar-refractivity contribution is 9.10. The predicted molar refractivity (Wildman–Crippen MR) is 109 cm³/mol. The Bertz CT molecular complexity index is 1190. The van der Waals surface area contributed by atoms with E-state index in [0.717, 1.165) is 9.99 Å². The van der Waals surface area contributed by atoms with Crippen molar-refractivity contribution >= 4 is 37.6 Å². The molecule has 5 rings (SSSR count). The Kier molecular flexibility index (Phi) is 2.97. The van der Waals surface area contributed by atoms with Crippen LogP contribution in [0.2, 0.25) is 0 Å². The standard InChI is InChI=1S/C23H18BrN/c1-13-8-9-17-21-16(10-11-25-22(13)21)20-15-7-5-4-6-14(15)19(24)12-18(20)23(17,2)3/h4-12H,1-3H3. The number of hydrogen-bond acceptors (Lipinski definition) is 1. The van der Waals surface area contributed by atoms with Crippen LogP contribution in [-0.4, -0.2) is 4.98 Å². The molecule has 0 atom stereocenters. The number of fused-ring (bicyclic) bond motifs is 4. The molecule has 1 nitrogen and oxygen atoms in total. The molecular formula is C23H18BrN. The van der Waals surface area contributed by atoms with Crippen molar-refractivity contribution in [2.24, 2.45) is 0 Å². The molecule has 0 N–H and O–H groups in total. The van der Waals surface area contributed by atoms with Crippen LogP contribution in [-0.2, 0) is 5.41 Å². The summed E-state index contributed by atoms with van der Waals surface area (Å²) in [4.78, 5) is 4.71. The Morgan fingerprint density at radius 1 is 0.920 bits per heavy atom. The summed E-state index contributed by atoms with van der Waals surface area (Å²) in [6, 6.07) is 17.7. The highest BCUT2D eigenvalue weighted by Gasteiger charge is 2.35. The van der Waals surface area contributed by atoms with Gasteiger partial charge >= 0.3 is 0 Å². The zero-order valence-corrected chi connectivity index (χ0v) is 16.1. The van der Waals surface area contributed by atoms with E-state index in [1.54, 1.807) is 0 Å². The summed E-state index contributed by atoms with van der Waals surface area (Å²) in [7, 11) is 0. The van der Waals surface area contributed by atoms with Crippen LogP contribution >= 0.6 is 15.9 Å². The molecule has 0 saturated heterocycles. The van der Waals surface area contributed by atoms with Crippen LogP contribution in [0, 0.1) is 6.92 Å². The lowest BCUT2D eigenvalue weighted by Gasteiger charge is -2.36. The van der Waals surface area contributed by atoms with E-state index >= 15 is 0 Å². The summed E-state index contributed by atoms with van der Waals surface area (Å²) in [6.45, 7) is 6.80. The molecule has 0 unspecified atom stereocenters. The van der Waals surface area contributed by atoms with Crippen LogP contribution < -0.4 is 0 Å². The summed E-state index contributed by atoms with van der Waals surface area (Å²) in [6.07, 6.45) is 1.95. The smallest absolute Gasteiger partial charge is 0.0740 e. The first-order valence-corrected chi connectivity index (χ1v) is 9.40. The third-order valence-electron chi connectivity index (χ3n) is 5.70. The number of pyridine rings is 1. The largest absolute Gasteiger partial charge is 0.256 e. The van der Waals surface area contributed by atoms with Gasteiger partial charge in [0.2, 0.25) is 0 Å². The molecule has 1 heterocycles. The van der Waals surface area contributed by atoms with E-state index in [4.69, 9.17) is 4.98 Å². The molecule has 0 aliphatic heterocycles. The van der Waals surface area contributed by atoms with Crippen LogP contribution in [0.1, 0.15) is 30.5 Å². The number of nitrogens with zero attached hydrogens (tertiary/aromatic N) is 1. The Morgan fingerprint density at radius 3 is 2.48 bits per heavy atom. The molecule has 122 valence electrons. The van der Waals surface area contributed by atoms with E-state index in [0.29, 0.717) is 0 Å². The van der Waals surface area contributed by atoms with Crippen LogP contribution in [0.25, 0.3) is 32.8 Å². The molecule has 0 amide bonds. The average Bonchev–Trinajstić information content (AvgIpc) is 2.61. The van der Waals surface area contributed by atoms with Gasteiger partial charge in [-0.25, -0.2) is 0 Å². The van der Waals surface area contributed by atoms with Gasteiger partial charge in [0.05, 0.1) is 5.52 Å². The normalized spacial score (nSPS) is 14.7. The van der Waals surface area contributed by atoms with Crippen LogP contribution in [0.15, 0.2) is 59.2 Å². The number of hydrogen-bond donors (Lipinski definition) is 0. The second-order valence-electron chi connectivity index (χ2n) is 7.46. The number of benzene rings is 3. The molecule has 4 aromatic rings. The minimum absolute atomic E-state index is 0.0656. The lowest BCUT2D eigenvalue weighted by Crippen LogP contribution is -2.24. The van der Waals surface area contributed by atoms with Gasteiger partial charge in [0.1, 0.15) is 0 Å². The Labute approximate surface area is 155 Å². The fourth-order valence-electron chi connectivity index (χ4n) is 4.39. The summed E-state index contributed by atoms with van der Waals surface area (Å²) in [5.41, 5.74) is 7.70. The molecule has 0 saturated carbocycles. The first kappa shape index (κ1) is 15.1. The van der Waals surface area contributed by atoms with Crippen molar-refractivity contribution in [2.45, 2.75) is 26.2 Å². The SMILES string of the molecule is Cc1ccc2c3c(ccnc13)-c1c(cc(Br)c3ccccc13)C2(C)C. The maximum atomic E-state index is 4.71. The van der Waals surface area contributed by atoms with Gasteiger partial charge < -0.3 is 0 Å². The summed E-state index contributed by atoms with van der Waals surface area (Å²) >= 11 is 3.80. The Morgan fingerprint density at radius 2 is 1.68 bits per heavy atom. The van der Waals surface area contributed by atoms with Gasteiger partial charge in [-0.3, -0.25) is 4.98 Å². The summed E-state index contributed by atoms with van der Waals surface area (Å²) in [5, 5.41) is 3.88. The molecular weight excluding hydrogens is 370 g/mol. The Hall–Kier alpha value is -2.19. The quantitative estimate of drug-likeness (QED) is 0.324. The fourth-order valence-corrected chi connectivity index (χ4v) is 4.97. The lowest BCUT2D eigenvalue weighted by molar-refractivity contribution is 0.645. The van der Waals surface area contributed by atoms with Crippen molar-refractivity contribution in [1.82, 2.24) is 4.98 Å². The minimum atomic E-state index is -0.0656.